The van der Waals surface area contributed by atoms with E-state index in [0.717, 1.165) is 6.61 Å². The molecule has 0 aliphatic carbocycles. The van der Waals surface area contributed by atoms with Crippen LogP contribution in [-0.4, -0.2) is 13.3 Å². The maximum Gasteiger partial charge on any atom is 0.0940 e. The molecule has 2 heteroatoms. The minimum absolute atomic E-state index is 0.372. The van der Waals surface area contributed by atoms with E-state index in [0.29, 0.717) is 6.73 Å². The first kappa shape index (κ1) is 14.9. The minimum Gasteiger partial charge on any atom is -0.367 e. The predicted molar refractivity (Wildman–Crippen MR) is 66.9 cm³/mol. The Kier molecular flexibility index (Phi) is 13.8. The van der Waals surface area contributed by atoms with Crippen LogP contribution in [0, 0.1) is 0 Å². The number of ether oxygens (including phenoxy) is 1. The average molecular weight is 215 g/mol. The summed E-state index contributed by atoms with van der Waals surface area (Å²) in [5.74, 6) is 0. The zero-order valence-corrected chi connectivity index (χ0v) is 10.5. The van der Waals surface area contributed by atoms with E-state index in [2.05, 4.69) is 6.92 Å². The number of nitrogens with two attached hydrogens (primary N) is 1. The first-order valence-corrected chi connectivity index (χ1v) is 6.69. The maximum absolute atomic E-state index is 5.23. The molecule has 0 saturated carbocycles. The van der Waals surface area contributed by atoms with Crippen LogP contribution < -0.4 is 5.73 Å². The smallest absolute Gasteiger partial charge is 0.0940 e. The minimum atomic E-state index is 0.372. The van der Waals surface area contributed by atoms with Gasteiger partial charge >= 0.3 is 0 Å². The van der Waals surface area contributed by atoms with E-state index >= 15 is 0 Å². The van der Waals surface area contributed by atoms with Crippen molar-refractivity contribution in [1.29, 1.82) is 0 Å². The predicted octanol–water partition coefficient (Wildman–Crippen LogP) is 3.84. The van der Waals surface area contributed by atoms with Gasteiger partial charge < -0.3 is 10.5 Å². The lowest BCUT2D eigenvalue weighted by Gasteiger charge is -2.02. The van der Waals surface area contributed by atoms with Crippen LogP contribution in [0.25, 0.3) is 0 Å². The molecule has 0 aromatic carbocycles. The van der Waals surface area contributed by atoms with Crippen molar-refractivity contribution in [2.24, 2.45) is 5.73 Å². The van der Waals surface area contributed by atoms with Crippen LogP contribution in [0.15, 0.2) is 0 Å². The summed E-state index contributed by atoms with van der Waals surface area (Å²) in [5, 5.41) is 0. The summed E-state index contributed by atoms with van der Waals surface area (Å²) in [5.41, 5.74) is 5.23. The third kappa shape index (κ3) is 13.9. The quantitative estimate of drug-likeness (QED) is 0.396. The normalized spacial score (nSPS) is 10.8. The molecule has 92 valence electrons. The van der Waals surface area contributed by atoms with Gasteiger partial charge in [0.05, 0.1) is 6.73 Å². The van der Waals surface area contributed by atoms with E-state index in [4.69, 9.17) is 10.5 Å². The van der Waals surface area contributed by atoms with Gasteiger partial charge in [-0.2, -0.15) is 0 Å². The highest BCUT2D eigenvalue weighted by Gasteiger charge is 1.92. The van der Waals surface area contributed by atoms with Crippen LogP contribution in [0.1, 0.15) is 71.1 Å². The van der Waals surface area contributed by atoms with E-state index in [-0.39, 0.29) is 0 Å². The Morgan fingerprint density at radius 3 is 1.67 bits per heavy atom. The molecule has 0 fully saturated rings. The summed E-state index contributed by atoms with van der Waals surface area (Å²) in [6, 6.07) is 0. The Bertz CT molecular complexity index is 94.7. The Balaban J connectivity index is 2.81. The first-order chi connectivity index (χ1) is 7.41. The highest BCUT2D eigenvalue weighted by Crippen LogP contribution is 2.10. The molecule has 0 unspecified atom stereocenters. The molecule has 2 N–H and O–H groups in total. The zero-order chi connectivity index (χ0) is 11.2. The molecular formula is C13H29NO. The number of unbranched alkanes of at least 4 members (excludes halogenated alkanes) is 9. The highest BCUT2D eigenvalue weighted by molar-refractivity contribution is 4.47. The largest absolute Gasteiger partial charge is 0.367 e. The fourth-order valence-electron chi connectivity index (χ4n) is 1.77. The fourth-order valence-corrected chi connectivity index (χ4v) is 1.77. The molecule has 0 saturated heterocycles. The van der Waals surface area contributed by atoms with Crippen LogP contribution in [-0.2, 0) is 4.74 Å². The van der Waals surface area contributed by atoms with Gasteiger partial charge in [0.15, 0.2) is 0 Å². The molecular weight excluding hydrogens is 186 g/mol. The van der Waals surface area contributed by atoms with Crippen molar-refractivity contribution in [3.05, 3.63) is 0 Å². The Morgan fingerprint density at radius 1 is 0.733 bits per heavy atom. The van der Waals surface area contributed by atoms with Crippen LogP contribution in [0.5, 0.6) is 0 Å². The molecule has 15 heavy (non-hydrogen) atoms. The van der Waals surface area contributed by atoms with Gasteiger partial charge in [0.25, 0.3) is 0 Å². The Labute approximate surface area is 95.6 Å². The summed E-state index contributed by atoms with van der Waals surface area (Å²) in [7, 11) is 0. The summed E-state index contributed by atoms with van der Waals surface area (Å²) in [6.45, 7) is 3.48. The Hall–Kier alpha value is -0.0800. The van der Waals surface area contributed by atoms with Crippen LogP contribution in [0.2, 0.25) is 0 Å². The number of hydrogen-bond donors (Lipinski definition) is 1. The van der Waals surface area contributed by atoms with E-state index in [1.54, 1.807) is 0 Å². The van der Waals surface area contributed by atoms with Gasteiger partial charge in [0, 0.05) is 6.61 Å². The second-order valence-corrected chi connectivity index (χ2v) is 4.26. The van der Waals surface area contributed by atoms with Crippen molar-refractivity contribution >= 4 is 0 Å². The zero-order valence-electron chi connectivity index (χ0n) is 10.5. The first-order valence-electron chi connectivity index (χ1n) is 6.69. The lowest BCUT2D eigenvalue weighted by atomic mass is 10.1. The van der Waals surface area contributed by atoms with Gasteiger partial charge in [-0.1, -0.05) is 64.7 Å². The van der Waals surface area contributed by atoms with Crippen molar-refractivity contribution < 1.29 is 4.74 Å². The number of rotatable bonds is 12. The van der Waals surface area contributed by atoms with Gasteiger partial charge in [0.1, 0.15) is 0 Å². The summed E-state index contributed by atoms with van der Waals surface area (Å²) >= 11 is 0. The molecule has 0 radical (unpaired) electrons. The Morgan fingerprint density at radius 2 is 1.20 bits per heavy atom. The fraction of sp³-hybridized carbons (Fsp3) is 1.00. The van der Waals surface area contributed by atoms with Gasteiger partial charge in [0.2, 0.25) is 0 Å². The lowest BCUT2D eigenvalue weighted by Crippen LogP contribution is -2.05. The van der Waals surface area contributed by atoms with Crippen molar-refractivity contribution in [1.82, 2.24) is 0 Å². The monoisotopic (exact) mass is 215 g/mol. The molecule has 0 aromatic heterocycles. The summed E-state index contributed by atoms with van der Waals surface area (Å²) < 4.78 is 5.08. The van der Waals surface area contributed by atoms with E-state index in [9.17, 15) is 0 Å². The molecule has 0 aliphatic heterocycles. The van der Waals surface area contributed by atoms with E-state index < -0.39 is 0 Å². The topological polar surface area (TPSA) is 35.2 Å². The molecule has 2 nitrogen and oxygen atoms in total. The van der Waals surface area contributed by atoms with E-state index in [1.165, 1.54) is 64.2 Å². The number of hydrogen-bond acceptors (Lipinski definition) is 2. The summed E-state index contributed by atoms with van der Waals surface area (Å²) in [6.07, 6.45) is 13.7. The van der Waals surface area contributed by atoms with Gasteiger partial charge in [-0.15, -0.1) is 0 Å². The lowest BCUT2D eigenvalue weighted by molar-refractivity contribution is 0.136. The maximum atomic E-state index is 5.23. The van der Waals surface area contributed by atoms with Gasteiger partial charge in [-0.05, 0) is 6.42 Å². The van der Waals surface area contributed by atoms with Crippen LogP contribution in [0.3, 0.4) is 0 Å². The van der Waals surface area contributed by atoms with Crippen molar-refractivity contribution in [3.8, 4) is 0 Å². The molecule has 0 aliphatic rings. The van der Waals surface area contributed by atoms with Crippen molar-refractivity contribution in [3.63, 3.8) is 0 Å². The van der Waals surface area contributed by atoms with E-state index in [1.807, 2.05) is 0 Å². The molecule has 0 heterocycles. The van der Waals surface area contributed by atoms with Gasteiger partial charge in [-0.3, -0.25) is 0 Å². The standard InChI is InChI=1S/C13H29NO/c1-2-3-4-5-6-7-8-9-10-11-12-15-13-14/h2-14H2,1H3. The third-order valence-electron chi connectivity index (χ3n) is 2.76. The van der Waals surface area contributed by atoms with Crippen LogP contribution >= 0.6 is 0 Å². The molecule has 0 aromatic rings. The molecule has 0 bridgehead atoms. The third-order valence-corrected chi connectivity index (χ3v) is 2.76. The highest BCUT2D eigenvalue weighted by atomic mass is 16.5. The van der Waals surface area contributed by atoms with Crippen molar-refractivity contribution in [2.75, 3.05) is 13.3 Å². The van der Waals surface area contributed by atoms with Crippen molar-refractivity contribution in [2.45, 2.75) is 71.1 Å². The van der Waals surface area contributed by atoms with Gasteiger partial charge in [-0.25, -0.2) is 0 Å². The molecule has 0 amide bonds. The average Bonchev–Trinajstić information content (AvgIpc) is 2.26. The molecule has 0 atom stereocenters. The molecule has 0 rings (SSSR count). The molecule has 0 spiro atoms. The second kappa shape index (κ2) is 13.9. The van der Waals surface area contributed by atoms with Crippen LogP contribution in [0.4, 0.5) is 0 Å². The summed E-state index contributed by atoms with van der Waals surface area (Å²) in [4.78, 5) is 0. The SMILES string of the molecule is CCCCCCCCCCCCOCN. The second-order valence-electron chi connectivity index (χ2n) is 4.26.